The van der Waals surface area contributed by atoms with Crippen molar-refractivity contribution in [2.24, 2.45) is 0 Å². The fourth-order valence-electron chi connectivity index (χ4n) is 1.25. The molecule has 0 atom stereocenters. The van der Waals surface area contributed by atoms with Crippen LogP contribution < -0.4 is 5.32 Å². The van der Waals surface area contributed by atoms with E-state index in [-0.39, 0.29) is 11.9 Å². The molecule has 1 N–H and O–H groups in total. The predicted octanol–water partition coefficient (Wildman–Crippen LogP) is 1.16. The van der Waals surface area contributed by atoms with Gasteiger partial charge in [0.1, 0.15) is 0 Å². The third-order valence-corrected chi connectivity index (χ3v) is 2.24. The lowest BCUT2D eigenvalue weighted by Gasteiger charge is -2.00. The maximum atomic E-state index is 11.1. The first-order chi connectivity index (χ1) is 8.15. The lowest BCUT2D eigenvalue weighted by molar-refractivity contribution is -0.134. The first-order valence-electron chi connectivity index (χ1n) is 5.21. The average Bonchev–Trinajstić information content (AvgIpc) is 2.37. The third kappa shape index (κ3) is 4.51. The lowest BCUT2D eigenvalue weighted by atomic mass is 10.1. The van der Waals surface area contributed by atoms with Gasteiger partial charge in [0, 0.05) is 13.1 Å². The summed E-state index contributed by atoms with van der Waals surface area (Å²) < 4.78 is 4.48. The van der Waals surface area contributed by atoms with Crippen LogP contribution in [0.4, 0.5) is 0 Å². The predicted molar refractivity (Wildman–Crippen MR) is 65.3 cm³/mol. The Kier molecular flexibility index (Phi) is 4.94. The molecule has 4 heteroatoms. The van der Waals surface area contributed by atoms with Crippen molar-refractivity contribution in [3.05, 3.63) is 41.5 Å². The van der Waals surface area contributed by atoms with E-state index in [2.05, 4.69) is 10.1 Å². The first kappa shape index (κ1) is 13.0. The van der Waals surface area contributed by atoms with Crippen LogP contribution in [-0.2, 0) is 20.7 Å². The normalized spacial score (nSPS) is 10.2. The SMILES string of the molecule is CNC(=O)Cc1ccc(C=CC(=O)OC)cc1. The number of likely N-dealkylation sites (N-methyl/N-ethyl adjacent to an activating group) is 1. The summed E-state index contributed by atoms with van der Waals surface area (Å²) in [7, 11) is 2.94. The number of ether oxygens (including phenoxy) is 1. The molecule has 1 aromatic rings. The van der Waals surface area contributed by atoms with Crippen LogP contribution >= 0.6 is 0 Å². The second-order valence-electron chi connectivity index (χ2n) is 3.45. The highest BCUT2D eigenvalue weighted by Crippen LogP contribution is 2.07. The molecule has 0 aliphatic heterocycles. The van der Waals surface area contributed by atoms with Gasteiger partial charge in [0.2, 0.25) is 5.91 Å². The van der Waals surface area contributed by atoms with E-state index in [4.69, 9.17) is 0 Å². The number of rotatable bonds is 4. The molecule has 0 bridgehead atoms. The Morgan fingerprint density at radius 1 is 1.29 bits per heavy atom. The molecular weight excluding hydrogens is 218 g/mol. The van der Waals surface area contributed by atoms with Gasteiger partial charge < -0.3 is 10.1 Å². The highest BCUT2D eigenvalue weighted by molar-refractivity contribution is 5.86. The van der Waals surface area contributed by atoms with Crippen molar-refractivity contribution in [3.63, 3.8) is 0 Å². The number of methoxy groups -OCH3 is 1. The summed E-state index contributed by atoms with van der Waals surface area (Å²) in [6.07, 6.45) is 3.38. The van der Waals surface area contributed by atoms with E-state index in [0.29, 0.717) is 6.42 Å². The minimum atomic E-state index is -0.389. The number of carbonyl (C=O) groups excluding carboxylic acids is 2. The van der Waals surface area contributed by atoms with Crippen LogP contribution in [0.1, 0.15) is 11.1 Å². The van der Waals surface area contributed by atoms with E-state index < -0.39 is 0 Å². The van der Waals surface area contributed by atoms with E-state index in [9.17, 15) is 9.59 Å². The number of nitrogens with one attached hydrogen (secondary N) is 1. The summed E-state index contributed by atoms with van der Waals surface area (Å²) >= 11 is 0. The monoisotopic (exact) mass is 233 g/mol. The van der Waals surface area contributed by atoms with Crippen molar-refractivity contribution >= 4 is 18.0 Å². The van der Waals surface area contributed by atoms with Gasteiger partial charge in [0.05, 0.1) is 13.5 Å². The van der Waals surface area contributed by atoms with Crippen LogP contribution in [0.3, 0.4) is 0 Å². The molecule has 90 valence electrons. The number of benzene rings is 1. The molecule has 0 fully saturated rings. The highest BCUT2D eigenvalue weighted by atomic mass is 16.5. The molecule has 0 heterocycles. The van der Waals surface area contributed by atoms with Gasteiger partial charge in [-0.25, -0.2) is 4.79 Å². The average molecular weight is 233 g/mol. The smallest absolute Gasteiger partial charge is 0.330 e. The summed E-state index contributed by atoms with van der Waals surface area (Å²) in [5, 5.41) is 2.56. The van der Waals surface area contributed by atoms with Crippen LogP contribution in [0.15, 0.2) is 30.3 Å². The highest BCUT2D eigenvalue weighted by Gasteiger charge is 2.00. The summed E-state index contributed by atoms with van der Waals surface area (Å²) in [5.74, 6) is -0.415. The van der Waals surface area contributed by atoms with E-state index in [1.54, 1.807) is 13.1 Å². The van der Waals surface area contributed by atoms with Crippen molar-refractivity contribution in [2.45, 2.75) is 6.42 Å². The summed E-state index contributed by atoms with van der Waals surface area (Å²) in [6.45, 7) is 0. The Balaban J connectivity index is 2.65. The molecule has 1 amide bonds. The van der Waals surface area contributed by atoms with E-state index in [0.717, 1.165) is 11.1 Å². The number of hydrogen-bond acceptors (Lipinski definition) is 3. The Morgan fingerprint density at radius 3 is 2.47 bits per heavy atom. The summed E-state index contributed by atoms with van der Waals surface area (Å²) in [4.78, 5) is 22.0. The number of amides is 1. The quantitative estimate of drug-likeness (QED) is 0.627. The van der Waals surface area contributed by atoms with Crippen LogP contribution in [-0.4, -0.2) is 26.0 Å². The topological polar surface area (TPSA) is 55.4 Å². The molecule has 0 saturated heterocycles. The van der Waals surface area contributed by atoms with Gasteiger partial charge in [0.15, 0.2) is 0 Å². The van der Waals surface area contributed by atoms with E-state index in [1.807, 2.05) is 24.3 Å². The van der Waals surface area contributed by atoms with E-state index >= 15 is 0 Å². The third-order valence-electron chi connectivity index (χ3n) is 2.24. The van der Waals surface area contributed by atoms with Gasteiger partial charge in [0.25, 0.3) is 0 Å². The molecule has 1 rings (SSSR count). The van der Waals surface area contributed by atoms with Crippen LogP contribution in [0, 0.1) is 0 Å². The van der Waals surface area contributed by atoms with Gasteiger partial charge in [-0.1, -0.05) is 24.3 Å². The summed E-state index contributed by atoms with van der Waals surface area (Å²) in [5.41, 5.74) is 1.82. The molecular formula is C13H15NO3. The molecule has 0 radical (unpaired) electrons. The molecule has 0 aliphatic rings. The number of esters is 1. The van der Waals surface area contributed by atoms with Crippen molar-refractivity contribution in [1.29, 1.82) is 0 Å². The second-order valence-corrected chi connectivity index (χ2v) is 3.45. The Labute approximate surface area is 100 Å². The Hall–Kier alpha value is -2.10. The fraction of sp³-hybridized carbons (Fsp3) is 0.231. The van der Waals surface area contributed by atoms with Crippen molar-refractivity contribution in [3.8, 4) is 0 Å². The first-order valence-corrected chi connectivity index (χ1v) is 5.21. The molecule has 0 aromatic heterocycles. The van der Waals surface area contributed by atoms with Crippen molar-refractivity contribution < 1.29 is 14.3 Å². The van der Waals surface area contributed by atoms with Crippen molar-refractivity contribution in [1.82, 2.24) is 5.32 Å². The van der Waals surface area contributed by atoms with Gasteiger partial charge in [-0.3, -0.25) is 4.79 Å². The molecule has 4 nitrogen and oxygen atoms in total. The molecule has 1 aromatic carbocycles. The maximum Gasteiger partial charge on any atom is 0.330 e. The maximum absolute atomic E-state index is 11.1. The minimum Gasteiger partial charge on any atom is -0.466 e. The van der Waals surface area contributed by atoms with E-state index in [1.165, 1.54) is 13.2 Å². The van der Waals surface area contributed by atoms with Gasteiger partial charge in [-0.15, -0.1) is 0 Å². The van der Waals surface area contributed by atoms with Gasteiger partial charge in [-0.2, -0.15) is 0 Å². The van der Waals surface area contributed by atoms with Crippen LogP contribution in [0.25, 0.3) is 6.08 Å². The van der Waals surface area contributed by atoms with Crippen LogP contribution in [0.2, 0.25) is 0 Å². The molecule has 0 saturated carbocycles. The largest absolute Gasteiger partial charge is 0.466 e. The Morgan fingerprint density at radius 2 is 1.94 bits per heavy atom. The molecule has 0 spiro atoms. The minimum absolute atomic E-state index is 0.0251. The van der Waals surface area contributed by atoms with Crippen molar-refractivity contribution in [2.75, 3.05) is 14.2 Å². The zero-order valence-corrected chi connectivity index (χ0v) is 9.90. The lowest BCUT2D eigenvalue weighted by Crippen LogP contribution is -2.19. The standard InChI is InChI=1S/C13H15NO3/c1-14-12(15)9-11-5-3-10(4-6-11)7-8-13(16)17-2/h3-8H,9H2,1-2H3,(H,14,15). The second kappa shape index (κ2) is 6.48. The molecule has 0 aliphatic carbocycles. The molecule has 0 unspecified atom stereocenters. The van der Waals surface area contributed by atoms with Gasteiger partial charge >= 0.3 is 5.97 Å². The number of carbonyl (C=O) groups is 2. The summed E-state index contributed by atoms with van der Waals surface area (Å²) in [6, 6.07) is 7.40. The fourth-order valence-corrected chi connectivity index (χ4v) is 1.25. The zero-order chi connectivity index (χ0) is 12.7. The molecule has 17 heavy (non-hydrogen) atoms. The van der Waals surface area contributed by atoms with Crippen LogP contribution in [0.5, 0.6) is 0 Å². The zero-order valence-electron chi connectivity index (χ0n) is 9.90. The van der Waals surface area contributed by atoms with Gasteiger partial charge in [-0.05, 0) is 17.2 Å². The number of hydrogen-bond donors (Lipinski definition) is 1. The Bertz CT molecular complexity index is 421.